The molecule has 11 heteroatoms. The SMILES string of the molecule is COC(=O)c1cc(OC)c(OC)c(OC)c1NS(=O)(=O)c1ccc2c(c1)CC(C)N2C(C)=O. The number of hydrogen-bond acceptors (Lipinski definition) is 8. The quantitative estimate of drug-likeness (QED) is 0.603. The average molecular weight is 479 g/mol. The van der Waals surface area contributed by atoms with Crippen molar-refractivity contribution in [1.29, 1.82) is 0 Å². The number of amides is 1. The molecule has 0 saturated heterocycles. The Balaban J connectivity index is 2.12. The number of carbonyl (C=O) groups excluding carboxylic acids is 2. The second kappa shape index (κ2) is 9.18. The van der Waals surface area contributed by atoms with Gasteiger partial charge in [0.05, 0.1) is 38.9 Å². The molecule has 0 aliphatic carbocycles. The molecule has 1 heterocycles. The zero-order chi connectivity index (χ0) is 24.5. The number of methoxy groups -OCH3 is 4. The van der Waals surface area contributed by atoms with Crippen LogP contribution in [0.15, 0.2) is 29.2 Å². The van der Waals surface area contributed by atoms with Gasteiger partial charge in [-0.25, -0.2) is 13.2 Å². The highest BCUT2D eigenvalue weighted by molar-refractivity contribution is 7.92. The van der Waals surface area contributed by atoms with Crippen LogP contribution in [0.1, 0.15) is 29.8 Å². The fraction of sp³-hybridized carbons (Fsp3) is 0.364. The van der Waals surface area contributed by atoms with Crippen LogP contribution in [-0.2, 0) is 26.0 Å². The van der Waals surface area contributed by atoms with Gasteiger partial charge in [0, 0.05) is 24.7 Å². The summed E-state index contributed by atoms with van der Waals surface area (Å²) in [5, 5.41) is 0. The van der Waals surface area contributed by atoms with E-state index in [0.717, 1.165) is 5.56 Å². The first-order valence-corrected chi connectivity index (χ1v) is 11.4. The number of benzene rings is 2. The molecule has 1 N–H and O–H groups in total. The maximum absolute atomic E-state index is 13.3. The maximum Gasteiger partial charge on any atom is 0.340 e. The lowest BCUT2D eigenvalue weighted by Crippen LogP contribution is -2.33. The molecule has 0 aromatic heterocycles. The van der Waals surface area contributed by atoms with E-state index in [9.17, 15) is 18.0 Å². The van der Waals surface area contributed by atoms with Gasteiger partial charge in [-0.1, -0.05) is 0 Å². The Morgan fingerprint density at radius 2 is 1.70 bits per heavy atom. The van der Waals surface area contributed by atoms with Gasteiger partial charge < -0.3 is 23.8 Å². The molecule has 2 aromatic rings. The minimum absolute atomic E-state index is 0.0356. The second-order valence-corrected chi connectivity index (χ2v) is 9.08. The van der Waals surface area contributed by atoms with Crippen LogP contribution in [-0.4, -0.2) is 54.8 Å². The summed E-state index contributed by atoms with van der Waals surface area (Å²) < 4.78 is 49.8. The van der Waals surface area contributed by atoms with Crippen LogP contribution in [0.3, 0.4) is 0 Å². The normalized spacial score (nSPS) is 15.0. The Morgan fingerprint density at radius 3 is 2.24 bits per heavy atom. The lowest BCUT2D eigenvalue weighted by molar-refractivity contribution is -0.116. The topological polar surface area (TPSA) is 120 Å². The van der Waals surface area contributed by atoms with E-state index in [1.807, 2.05) is 6.92 Å². The molecule has 1 amide bonds. The van der Waals surface area contributed by atoms with Gasteiger partial charge in [0.15, 0.2) is 11.5 Å². The van der Waals surface area contributed by atoms with Crippen molar-refractivity contribution in [3.05, 3.63) is 35.4 Å². The number of sulfonamides is 1. The van der Waals surface area contributed by atoms with Crippen molar-refractivity contribution in [2.75, 3.05) is 38.1 Å². The van der Waals surface area contributed by atoms with Crippen molar-refractivity contribution < 1.29 is 37.0 Å². The molecular weight excluding hydrogens is 452 g/mol. The molecule has 1 aliphatic heterocycles. The van der Waals surface area contributed by atoms with E-state index in [1.54, 1.807) is 11.0 Å². The van der Waals surface area contributed by atoms with Crippen molar-refractivity contribution in [3.8, 4) is 17.2 Å². The molecule has 10 nitrogen and oxygen atoms in total. The standard InChI is InChI=1S/C22H26N2O8S/c1-12-9-14-10-15(7-8-17(14)24(12)13(2)25)33(27,28)23-19-16(22(26)32-6)11-18(29-3)20(30-4)21(19)31-5/h7-8,10-12,23H,9H2,1-6H3. The number of nitrogens with one attached hydrogen (secondary N) is 1. The molecule has 1 atom stereocenters. The number of esters is 1. The third kappa shape index (κ3) is 4.28. The molecule has 0 fully saturated rings. The molecule has 2 aromatic carbocycles. The molecule has 1 unspecified atom stereocenters. The van der Waals surface area contributed by atoms with E-state index in [0.29, 0.717) is 12.1 Å². The number of anilines is 2. The van der Waals surface area contributed by atoms with Crippen molar-refractivity contribution in [3.63, 3.8) is 0 Å². The van der Waals surface area contributed by atoms with Gasteiger partial charge in [0.1, 0.15) is 5.69 Å². The Bertz CT molecular complexity index is 1210. The van der Waals surface area contributed by atoms with E-state index in [-0.39, 0.29) is 45.3 Å². The monoisotopic (exact) mass is 478 g/mol. The predicted molar refractivity (Wildman–Crippen MR) is 121 cm³/mol. The predicted octanol–water partition coefficient (Wildman–Crippen LogP) is 2.60. The summed E-state index contributed by atoms with van der Waals surface area (Å²) in [5.74, 6) is -0.697. The van der Waals surface area contributed by atoms with Gasteiger partial charge in [-0.15, -0.1) is 0 Å². The van der Waals surface area contributed by atoms with Gasteiger partial charge in [-0.05, 0) is 37.1 Å². The highest BCUT2D eigenvalue weighted by Crippen LogP contribution is 2.46. The first-order valence-electron chi connectivity index (χ1n) is 9.96. The van der Waals surface area contributed by atoms with E-state index in [1.165, 1.54) is 53.6 Å². The van der Waals surface area contributed by atoms with Gasteiger partial charge in [0.2, 0.25) is 11.7 Å². The van der Waals surface area contributed by atoms with Gasteiger partial charge in [-0.3, -0.25) is 9.52 Å². The number of rotatable bonds is 7. The maximum atomic E-state index is 13.3. The van der Waals surface area contributed by atoms with Crippen LogP contribution in [0.2, 0.25) is 0 Å². The minimum atomic E-state index is -4.17. The molecule has 33 heavy (non-hydrogen) atoms. The summed E-state index contributed by atoms with van der Waals surface area (Å²) in [6.45, 7) is 3.36. The second-order valence-electron chi connectivity index (χ2n) is 7.40. The molecule has 1 aliphatic rings. The molecule has 178 valence electrons. The average Bonchev–Trinajstić information content (AvgIpc) is 3.12. The number of hydrogen-bond donors (Lipinski definition) is 1. The third-order valence-electron chi connectivity index (χ3n) is 5.39. The van der Waals surface area contributed by atoms with Crippen LogP contribution in [0.25, 0.3) is 0 Å². The number of ether oxygens (including phenoxy) is 4. The highest BCUT2D eigenvalue weighted by Gasteiger charge is 2.32. The zero-order valence-corrected chi connectivity index (χ0v) is 20.0. The van der Waals surface area contributed by atoms with Gasteiger partial charge in [-0.2, -0.15) is 0 Å². The van der Waals surface area contributed by atoms with Crippen molar-refractivity contribution in [2.45, 2.75) is 31.2 Å². The van der Waals surface area contributed by atoms with E-state index in [2.05, 4.69) is 4.72 Å². The summed E-state index contributed by atoms with van der Waals surface area (Å²) >= 11 is 0. The third-order valence-corrected chi connectivity index (χ3v) is 6.74. The van der Waals surface area contributed by atoms with Crippen molar-refractivity contribution >= 4 is 33.3 Å². The zero-order valence-electron chi connectivity index (χ0n) is 19.2. The largest absolute Gasteiger partial charge is 0.493 e. The van der Waals surface area contributed by atoms with Crippen LogP contribution >= 0.6 is 0 Å². The van der Waals surface area contributed by atoms with E-state index < -0.39 is 16.0 Å². The Kier molecular flexibility index (Phi) is 6.73. The number of carbonyl (C=O) groups is 2. The fourth-order valence-corrected chi connectivity index (χ4v) is 5.11. The fourth-order valence-electron chi connectivity index (χ4n) is 3.98. The molecule has 0 radical (unpaired) electrons. The van der Waals surface area contributed by atoms with Crippen LogP contribution in [0, 0.1) is 0 Å². The van der Waals surface area contributed by atoms with Crippen LogP contribution in [0.4, 0.5) is 11.4 Å². The van der Waals surface area contributed by atoms with E-state index >= 15 is 0 Å². The van der Waals surface area contributed by atoms with E-state index in [4.69, 9.17) is 18.9 Å². The first-order chi connectivity index (χ1) is 15.6. The summed E-state index contributed by atoms with van der Waals surface area (Å²) in [7, 11) is 1.05. The van der Waals surface area contributed by atoms with Crippen molar-refractivity contribution in [1.82, 2.24) is 0 Å². The molecular formula is C22H26N2O8S. The summed E-state index contributed by atoms with van der Waals surface area (Å²) in [5.41, 5.74) is 1.13. The summed E-state index contributed by atoms with van der Waals surface area (Å²) in [6.07, 6.45) is 0.519. The molecule has 0 bridgehead atoms. The minimum Gasteiger partial charge on any atom is -0.493 e. The van der Waals surface area contributed by atoms with Gasteiger partial charge >= 0.3 is 5.97 Å². The summed E-state index contributed by atoms with van der Waals surface area (Å²) in [6, 6.07) is 5.74. The number of nitrogens with zero attached hydrogens (tertiary/aromatic N) is 1. The number of fused-ring (bicyclic) bond motifs is 1. The lowest BCUT2D eigenvalue weighted by atomic mass is 10.1. The molecule has 0 spiro atoms. The van der Waals surface area contributed by atoms with Gasteiger partial charge in [0.25, 0.3) is 10.0 Å². The summed E-state index contributed by atoms with van der Waals surface area (Å²) in [4.78, 5) is 26.0. The Labute approximate surface area is 192 Å². The van der Waals surface area contributed by atoms with Crippen LogP contribution < -0.4 is 23.8 Å². The highest BCUT2D eigenvalue weighted by atomic mass is 32.2. The first kappa shape index (κ1) is 24.2. The van der Waals surface area contributed by atoms with Crippen LogP contribution in [0.5, 0.6) is 17.2 Å². The van der Waals surface area contributed by atoms with Crippen molar-refractivity contribution in [2.24, 2.45) is 0 Å². The molecule has 0 saturated carbocycles. The Hall–Kier alpha value is -3.47. The lowest BCUT2D eigenvalue weighted by Gasteiger charge is -2.21. The molecule has 3 rings (SSSR count). The smallest absolute Gasteiger partial charge is 0.340 e. The Morgan fingerprint density at radius 1 is 1.03 bits per heavy atom.